The summed E-state index contributed by atoms with van der Waals surface area (Å²) < 4.78 is 27.3. The summed E-state index contributed by atoms with van der Waals surface area (Å²) in [6.45, 7) is 0.510. The third kappa shape index (κ3) is 4.85. The molecule has 0 fully saturated rings. The fourth-order valence-electron chi connectivity index (χ4n) is 1.22. The predicted octanol–water partition coefficient (Wildman–Crippen LogP) is 1.41. The van der Waals surface area contributed by atoms with E-state index in [2.05, 4.69) is 6.07 Å². The van der Waals surface area contributed by atoms with Gasteiger partial charge >= 0.3 is 0 Å². The van der Waals surface area contributed by atoms with E-state index in [0.29, 0.717) is 18.8 Å². The van der Waals surface area contributed by atoms with Gasteiger partial charge in [0.15, 0.2) is 0 Å². The average molecular weight is 254 g/mol. The second-order valence-corrected chi connectivity index (χ2v) is 5.04. The minimum Gasteiger partial charge on any atom is -0.494 e. The van der Waals surface area contributed by atoms with Crippen molar-refractivity contribution in [2.24, 2.45) is 5.14 Å². The van der Waals surface area contributed by atoms with Crippen LogP contribution in [0.3, 0.4) is 0 Å². The number of unbranched alkanes of at least 4 members (excludes halogenated alkanes) is 2. The highest BCUT2D eigenvalue weighted by atomic mass is 32.2. The third-order valence-corrected chi connectivity index (χ3v) is 3.03. The number of sulfonamides is 1. The molecule has 0 saturated carbocycles. The molecule has 0 unspecified atom stereocenters. The molecule has 0 heterocycles. The number of hydrogen-bond donors (Lipinski definition) is 1. The summed E-state index contributed by atoms with van der Waals surface area (Å²) in [5.41, 5.74) is 0. The Hall–Kier alpha value is -1.58. The highest BCUT2D eigenvalue weighted by Gasteiger charge is 2.06. The number of rotatable bonds is 6. The Morgan fingerprint density at radius 3 is 2.41 bits per heavy atom. The molecule has 0 atom stereocenters. The minimum atomic E-state index is -3.64. The molecule has 1 aromatic carbocycles. The molecule has 17 heavy (non-hydrogen) atoms. The normalized spacial score (nSPS) is 10.8. The van der Waals surface area contributed by atoms with Gasteiger partial charge in [-0.15, -0.1) is 0 Å². The van der Waals surface area contributed by atoms with E-state index in [4.69, 9.17) is 15.1 Å². The van der Waals surface area contributed by atoms with E-state index >= 15 is 0 Å². The summed E-state index contributed by atoms with van der Waals surface area (Å²) in [5.74, 6) is 0.592. The molecule has 0 amide bonds. The van der Waals surface area contributed by atoms with E-state index in [1.807, 2.05) is 0 Å². The maximum absolute atomic E-state index is 11.0. The van der Waals surface area contributed by atoms with Gasteiger partial charge in [0.2, 0.25) is 10.0 Å². The van der Waals surface area contributed by atoms with E-state index in [-0.39, 0.29) is 4.90 Å². The van der Waals surface area contributed by atoms with E-state index in [1.54, 1.807) is 12.1 Å². The maximum Gasteiger partial charge on any atom is 0.238 e. The van der Waals surface area contributed by atoms with Crippen LogP contribution in [0, 0.1) is 11.3 Å². The van der Waals surface area contributed by atoms with Crippen molar-refractivity contribution < 1.29 is 13.2 Å². The van der Waals surface area contributed by atoms with Gasteiger partial charge in [0, 0.05) is 6.42 Å². The summed E-state index contributed by atoms with van der Waals surface area (Å²) in [5, 5.41) is 13.3. The van der Waals surface area contributed by atoms with E-state index in [9.17, 15) is 8.42 Å². The van der Waals surface area contributed by atoms with Crippen LogP contribution in [-0.2, 0) is 10.0 Å². The second-order valence-electron chi connectivity index (χ2n) is 3.48. The highest BCUT2D eigenvalue weighted by molar-refractivity contribution is 7.89. The van der Waals surface area contributed by atoms with Gasteiger partial charge in [-0.25, -0.2) is 13.6 Å². The summed E-state index contributed by atoms with van der Waals surface area (Å²) in [7, 11) is -3.64. The van der Waals surface area contributed by atoms with Crippen LogP contribution < -0.4 is 9.88 Å². The number of nitrogens with two attached hydrogens (primary N) is 1. The number of benzene rings is 1. The van der Waals surface area contributed by atoms with E-state index < -0.39 is 10.0 Å². The molecule has 1 aromatic rings. The van der Waals surface area contributed by atoms with Gasteiger partial charge in [0.25, 0.3) is 0 Å². The van der Waals surface area contributed by atoms with Gasteiger partial charge in [-0.2, -0.15) is 5.26 Å². The Kier molecular flexibility index (Phi) is 4.94. The zero-order valence-corrected chi connectivity index (χ0v) is 10.1. The number of ether oxygens (including phenoxy) is 1. The first-order chi connectivity index (χ1) is 8.04. The Balaban J connectivity index is 2.44. The quantitative estimate of drug-likeness (QED) is 0.776. The largest absolute Gasteiger partial charge is 0.494 e. The number of hydrogen-bond acceptors (Lipinski definition) is 4. The molecule has 2 N–H and O–H groups in total. The van der Waals surface area contributed by atoms with Gasteiger partial charge in [0.1, 0.15) is 5.75 Å². The first-order valence-electron chi connectivity index (χ1n) is 5.16. The Bertz CT molecular complexity index is 488. The van der Waals surface area contributed by atoms with Gasteiger partial charge < -0.3 is 4.74 Å². The van der Waals surface area contributed by atoms with Crippen LogP contribution in [0.2, 0.25) is 0 Å². The lowest BCUT2D eigenvalue weighted by molar-refractivity contribution is 0.307. The van der Waals surface area contributed by atoms with Crippen LogP contribution in [0.1, 0.15) is 19.3 Å². The third-order valence-electron chi connectivity index (χ3n) is 2.10. The molecular weight excluding hydrogens is 240 g/mol. The SMILES string of the molecule is N#CCCCCOc1ccc(S(N)(=O)=O)cc1. The Morgan fingerprint density at radius 2 is 1.88 bits per heavy atom. The lowest BCUT2D eigenvalue weighted by atomic mass is 10.2. The Labute approximate surface area is 101 Å². The van der Waals surface area contributed by atoms with Gasteiger partial charge in [-0.1, -0.05) is 0 Å². The smallest absolute Gasteiger partial charge is 0.238 e. The van der Waals surface area contributed by atoms with Crippen molar-refractivity contribution >= 4 is 10.0 Å². The highest BCUT2D eigenvalue weighted by Crippen LogP contribution is 2.15. The van der Waals surface area contributed by atoms with Gasteiger partial charge in [-0.05, 0) is 37.1 Å². The lowest BCUT2D eigenvalue weighted by Crippen LogP contribution is -2.11. The fourth-order valence-corrected chi connectivity index (χ4v) is 1.74. The summed E-state index contributed by atoms with van der Waals surface area (Å²) in [6.07, 6.45) is 2.12. The average Bonchev–Trinajstić information content (AvgIpc) is 2.28. The van der Waals surface area contributed by atoms with Gasteiger partial charge in [0.05, 0.1) is 17.6 Å². The molecule has 0 aliphatic rings. The predicted molar refractivity (Wildman–Crippen MR) is 62.8 cm³/mol. The van der Waals surface area contributed by atoms with Crippen molar-refractivity contribution in [1.29, 1.82) is 5.26 Å². The topological polar surface area (TPSA) is 93.2 Å². The molecule has 92 valence electrons. The molecule has 0 saturated heterocycles. The van der Waals surface area contributed by atoms with E-state index in [0.717, 1.165) is 12.8 Å². The fraction of sp³-hybridized carbons (Fsp3) is 0.364. The van der Waals surface area contributed by atoms with Crippen LogP contribution in [0.5, 0.6) is 5.75 Å². The van der Waals surface area contributed by atoms with Crippen molar-refractivity contribution in [1.82, 2.24) is 0 Å². The van der Waals surface area contributed by atoms with Crippen molar-refractivity contribution in [3.8, 4) is 11.8 Å². The van der Waals surface area contributed by atoms with Crippen LogP contribution in [-0.4, -0.2) is 15.0 Å². The molecule has 0 spiro atoms. The molecule has 0 aromatic heterocycles. The zero-order chi connectivity index (χ0) is 12.7. The molecule has 0 aliphatic carbocycles. The first kappa shape index (κ1) is 13.5. The second kappa shape index (κ2) is 6.23. The zero-order valence-electron chi connectivity index (χ0n) is 9.30. The molecule has 6 heteroatoms. The maximum atomic E-state index is 11.0. The molecule has 1 rings (SSSR count). The standard InChI is InChI=1S/C11H14N2O3S/c12-8-2-1-3-9-16-10-4-6-11(7-5-10)17(13,14)15/h4-7H,1-3,9H2,(H2,13,14,15). The monoisotopic (exact) mass is 254 g/mol. The van der Waals surface area contributed by atoms with Crippen LogP contribution in [0.4, 0.5) is 0 Å². The number of nitriles is 1. The molecule has 0 radical (unpaired) electrons. The van der Waals surface area contributed by atoms with Gasteiger partial charge in [-0.3, -0.25) is 0 Å². The van der Waals surface area contributed by atoms with Crippen molar-refractivity contribution in [2.75, 3.05) is 6.61 Å². The molecule has 5 nitrogen and oxygen atoms in total. The molecule has 0 bridgehead atoms. The summed E-state index contributed by atoms with van der Waals surface area (Å²) in [6, 6.07) is 7.98. The minimum absolute atomic E-state index is 0.0642. The lowest BCUT2D eigenvalue weighted by Gasteiger charge is -2.05. The molecule has 0 aliphatic heterocycles. The van der Waals surface area contributed by atoms with E-state index in [1.165, 1.54) is 12.1 Å². The Morgan fingerprint density at radius 1 is 1.24 bits per heavy atom. The van der Waals surface area contributed by atoms with Crippen molar-refractivity contribution in [3.63, 3.8) is 0 Å². The van der Waals surface area contributed by atoms with Crippen LogP contribution in [0.25, 0.3) is 0 Å². The first-order valence-corrected chi connectivity index (χ1v) is 6.71. The van der Waals surface area contributed by atoms with Crippen molar-refractivity contribution in [2.45, 2.75) is 24.2 Å². The number of primary sulfonamides is 1. The summed E-state index contributed by atoms with van der Waals surface area (Å²) in [4.78, 5) is 0.0642. The van der Waals surface area contributed by atoms with Crippen molar-refractivity contribution in [3.05, 3.63) is 24.3 Å². The van der Waals surface area contributed by atoms with Crippen LogP contribution >= 0.6 is 0 Å². The molecular formula is C11H14N2O3S. The summed E-state index contributed by atoms with van der Waals surface area (Å²) >= 11 is 0. The number of nitrogens with zero attached hydrogens (tertiary/aromatic N) is 1. The van der Waals surface area contributed by atoms with Crippen LogP contribution in [0.15, 0.2) is 29.2 Å².